The van der Waals surface area contributed by atoms with E-state index in [4.69, 9.17) is 5.11 Å². The van der Waals surface area contributed by atoms with Crippen molar-refractivity contribution < 1.29 is 19.5 Å². The van der Waals surface area contributed by atoms with Crippen LogP contribution in [0.3, 0.4) is 0 Å². The first kappa shape index (κ1) is 59.5. The van der Waals surface area contributed by atoms with E-state index < -0.39 is 0 Å². The average molecular weight is 757 g/mol. The topological polar surface area (TPSA) is 53.1 Å². The van der Waals surface area contributed by atoms with E-state index in [0.717, 1.165) is 7.11 Å². The summed E-state index contributed by atoms with van der Waals surface area (Å²) in [7, 11) is 0.750. The van der Waals surface area contributed by atoms with Crippen LogP contribution in [-0.4, -0.2) is 73.9 Å². The molecule has 0 saturated heterocycles. The van der Waals surface area contributed by atoms with Gasteiger partial charge in [0.2, 0.25) is 0 Å². The van der Waals surface area contributed by atoms with Crippen molar-refractivity contribution in [1.29, 1.82) is 0 Å². The first-order valence-corrected chi connectivity index (χ1v) is 24.6. The highest BCUT2D eigenvalue weighted by Crippen LogP contribution is 2.21. The summed E-state index contributed by atoms with van der Waals surface area (Å²) in [6, 6.07) is 0. The predicted molar refractivity (Wildman–Crippen MR) is 240 cm³/mol. The maximum Gasteiger partial charge on any atom is 0.0786 e. The van der Waals surface area contributed by atoms with Gasteiger partial charge in [0.1, 0.15) is 0 Å². The Hall–Kier alpha value is -0.160. The smallest absolute Gasteiger partial charge is 0.0786 e. The van der Waals surface area contributed by atoms with Gasteiger partial charge in [-0.15, -0.1) is 0 Å². The third-order valence-electron chi connectivity index (χ3n) is 11.9. The van der Waals surface area contributed by atoms with Gasteiger partial charge in [-0.1, -0.05) is 158 Å². The summed E-state index contributed by atoms with van der Waals surface area (Å²) >= 11 is 0. The van der Waals surface area contributed by atoms with E-state index in [1.54, 1.807) is 0 Å². The highest BCUT2D eigenvalue weighted by molar-refractivity contribution is 4.55. The van der Waals surface area contributed by atoms with E-state index in [0.29, 0.717) is 0 Å². The molecule has 4 heteroatoms. The fourth-order valence-electron chi connectivity index (χ4n) is 8.33. The molecule has 0 spiro atoms. The summed E-state index contributed by atoms with van der Waals surface area (Å²) in [6.45, 7) is 30.4. The summed E-state index contributed by atoms with van der Waals surface area (Å²) in [5.41, 5.74) is 0. The zero-order valence-electron chi connectivity index (χ0n) is 39.0. The molecule has 4 nitrogen and oxygen atoms in total. The van der Waals surface area contributed by atoms with Crippen molar-refractivity contribution in [1.82, 2.24) is 0 Å². The fourth-order valence-corrected chi connectivity index (χ4v) is 8.33. The van der Waals surface area contributed by atoms with Gasteiger partial charge in [-0.25, -0.2) is 0 Å². The third kappa shape index (κ3) is 41.3. The number of hydrogen-bond acceptors (Lipinski definition) is 2. The SMILES string of the molecule is CCCCCC[N+](CCCCCC)(CCCCCC)CCCCCC.CCCCCC[N+](CCCCCC)(CCCCCC)CCCCCC.C[O-].[OH-]. The van der Waals surface area contributed by atoms with Gasteiger partial charge >= 0.3 is 0 Å². The molecule has 0 aromatic rings. The maximum absolute atomic E-state index is 8.25. The Morgan fingerprint density at radius 1 is 0.208 bits per heavy atom. The molecule has 1 N–H and O–H groups in total. The Kier molecular flexibility index (Phi) is 56.0. The molecule has 0 amide bonds. The molecule has 0 heterocycles. The summed E-state index contributed by atoms with van der Waals surface area (Å²) < 4.78 is 2.92. The van der Waals surface area contributed by atoms with Crippen LogP contribution in [0.15, 0.2) is 0 Å². The van der Waals surface area contributed by atoms with Crippen LogP contribution in [0.5, 0.6) is 0 Å². The minimum Gasteiger partial charge on any atom is -0.870 e. The van der Waals surface area contributed by atoms with E-state index in [-0.39, 0.29) is 5.48 Å². The molecule has 0 rings (SSSR count). The van der Waals surface area contributed by atoms with Gasteiger partial charge < -0.3 is 19.5 Å². The average Bonchev–Trinajstić information content (AvgIpc) is 3.17. The minimum atomic E-state index is 0. The summed E-state index contributed by atoms with van der Waals surface area (Å²) in [5, 5.41) is 8.25. The summed E-state index contributed by atoms with van der Waals surface area (Å²) in [6.07, 6.45) is 45.7. The third-order valence-corrected chi connectivity index (χ3v) is 11.9. The molecule has 0 unspecified atom stereocenters. The first-order valence-electron chi connectivity index (χ1n) is 24.6. The van der Waals surface area contributed by atoms with Gasteiger partial charge in [0.25, 0.3) is 0 Å². The summed E-state index contributed by atoms with van der Waals surface area (Å²) in [4.78, 5) is 0. The van der Waals surface area contributed by atoms with Crippen molar-refractivity contribution in [3.8, 4) is 0 Å². The first-order chi connectivity index (χ1) is 25.5. The van der Waals surface area contributed by atoms with Crippen LogP contribution >= 0.6 is 0 Å². The second kappa shape index (κ2) is 49.9. The summed E-state index contributed by atoms with van der Waals surface area (Å²) in [5.74, 6) is 0. The highest BCUT2D eigenvalue weighted by atomic mass is 16.2. The molecule has 0 saturated carbocycles. The van der Waals surface area contributed by atoms with Gasteiger partial charge in [0, 0.05) is 0 Å². The van der Waals surface area contributed by atoms with Gasteiger partial charge in [-0.2, -0.15) is 7.11 Å². The van der Waals surface area contributed by atoms with Crippen molar-refractivity contribution in [2.24, 2.45) is 0 Å². The standard InChI is InChI=1S/2C24H52N.CH3O.H2O/c2*1-5-9-13-17-21-25(22-18-14-10-6-2,23-19-15-11-7-3)24-20-16-12-8-4;1-2;/h2*5-24H2,1-4H3;1H3;1H2/q2*+1;-1;/p-1. The van der Waals surface area contributed by atoms with Crippen molar-refractivity contribution in [2.75, 3.05) is 59.5 Å². The Morgan fingerprint density at radius 3 is 0.415 bits per heavy atom. The van der Waals surface area contributed by atoms with E-state index in [2.05, 4.69) is 55.4 Å². The van der Waals surface area contributed by atoms with Gasteiger partial charge in [0.05, 0.1) is 52.4 Å². The number of hydrogen-bond donors (Lipinski definition) is 0. The van der Waals surface area contributed by atoms with Gasteiger partial charge in [-0.3, -0.25) is 0 Å². The van der Waals surface area contributed by atoms with Crippen molar-refractivity contribution >= 4 is 0 Å². The van der Waals surface area contributed by atoms with Crippen LogP contribution < -0.4 is 5.11 Å². The number of quaternary nitrogens is 2. The molecule has 0 atom stereocenters. The van der Waals surface area contributed by atoms with Crippen LogP contribution in [0.2, 0.25) is 0 Å². The molecule has 0 radical (unpaired) electrons. The quantitative estimate of drug-likeness (QED) is 0.0462. The molecule has 0 aliphatic rings. The van der Waals surface area contributed by atoms with E-state index in [9.17, 15) is 0 Å². The lowest BCUT2D eigenvalue weighted by Crippen LogP contribution is -2.50. The molecule has 0 aromatic carbocycles. The zero-order chi connectivity index (χ0) is 39.3. The molecular weight excluding hydrogens is 649 g/mol. The zero-order valence-corrected chi connectivity index (χ0v) is 39.0. The largest absolute Gasteiger partial charge is 0.870 e. The van der Waals surface area contributed by atoms with Crippen molar-refractivity contribution in [3.63, 3.8) is 0 Å². The van der Waals surface area contributed by atoms with E-state index >= 15 is 0 Å². The molecular formula is C49H108N2O2. The minimum absolute atomic E-state index is 0. The van der Waals surface area contributed by atoms with Crippen LogP contribution in [0.1, 0.15) is 261 Å². The van der Waals surface area contributed by atoms with Crippen LogP contribution in [0, 0.1) is 0 Å². The van der Waals surface area contributed by atoms with E-state index in [1.165, 1.54) is 267 Å². The molecule has 326 valence electrons. The second-order valence-electron chi connectivity index (χ2n) is 17.0. The fraction of sp³-hybridized carbons (Fsp3) is 1.00. The highest BCUT2D eigenvalue weighted by Gasteiger charge is 2.27. The Bertz CT molecular complexity index is 454. The Balaban J connectivity index is -0.000000425. The molecule has 0 bridgehead atoms. The van der Waals surface area contributed by atoms with Crippen LogP contribution in [-0.2, 0) is 0 Å². The van der Waals surface area contributed by atoms with Gasteiger partial charge in [-0.05, 0) is 103 Å². The maximum atomic E-state index is 8.25. The van der Waals surface area contributed by atoms with Crippen LogP contribution in [0.4, 0.5) is 0 Å². The lowest BCUT2D eigenvalue weighted by Gasteiger charge is -2.39. The monoisotopic (exact) mass is 757 g/mol. The number of rotatable bonds is 40. The lowest BCUT2D eigenvalue weighted by atomic mass is 10.1. The van der Waals surface area contributed by atoms with E-state index in [1.807, 2.05) is 0 Å². The molecule has 53 heavy (non-hydrogen) atoms. The normalized spacial score (nSPS) is 11.4. The second-order valence-corrected chi connectivity index (χ2v) is 17.0. The lowest BCUT2D eigenvalue weighted by molar-refractivity contribution is -0.929. The van der Waals surface area contributed by atoms with Crippen molar-refractivity contribution in [3.05, 3.63) is 0 Å². The van der Waals surface area contributed by atoms with Crippen LogP contribution in [0.25, 0.3) is 0 Å². The number of unbranched alkanes of at least 4 members (excludes halogenated alkanes) is 24. The Morgan fingerprint density at radius 2 is 0.321 bits per heavy atom. The molecule has 0 aliphatic heterocycles. The number of nitrogens with zero attached hydrogens (tertiary/aromatic N) is 2. The van der Waals surface area contributed by atoms with Crippen molar-refractivity contribution in [2.45, 2.75) is 261 Å². The predicted octanol–water partition coefficient (Wildman–Crippen LogP) is 15.0. The molecule has 0 aromatic heterocycles. The Labute approximate surface area is 338 Å². The van der Waals surface area contributed by atoms with Gasteiger partial charge in [0.15, 0.2) is 0 Å². The molecule has 0 aliphatic carbocycles. The molecule has 0 fully saturated rings.